The lowest BCUT2D eigenvalue weighted by atomic mass is 9.74. The van der Waals surface area contributed by atoms with E-state index in [0.29, 0.717) is 26.0 Å². The third-order valence-electron chi connectivity index (χ3n) is 6.20. The average Bonchev–Trinajstić information content (AvgIpc) is 3.38. The number of imidazole rings is 1. The van der Waals surface area contributed by atoms with E-state index in [-0.39, 0.29) is 17.9 Å². The number of carbonyl (C=O) groups excluding carboxylic acids is 1. The molecule has 0 aliphatic carbocycles. The van der Waals surface area contributed by atoms with Crippen LogP contribution in [0, 0.1) is 11.2 Å². The van der Waals surface area contributed by atoms with Crippen LogP contribution in [-0.4, -0.2) is 51.9 Å². The first-order chi connectivity index (χ1) is 15.0. The Morgan fingerprint density at radius 1 is 1.35 bits per heavy atom. The van der Waals surface area contributed by atoms with Crippen LogP contribution in [0.2, 0.25) is 0 Å². The molecule has 8 heteroatoms. The Kier molecular flexibility index (Phi) is 6.36. The summed E-state index contributed by atoms with van der Waals surface area (Å²) >= 11 is 0. The molecular formula is C23H29FN4O3. The third-order valence-corrected chi connectivity index (χ3v) is 6.20. The van der Waals surface area contributed by atoms with Gasteiger partial charge in [0.25, 0.3) is 0 Å². The number of piperidine rings is 1. The summed E-state index contributed by atoms with van der Waals surface area (Å²) in [6.07, 6.45) is 6.26. The van der Waals surface area contributed by atoms with Crippen molar-refractivity contribution in [1.82, 2.24) is 14.5 Å². The van der Waals surface area contributed by atoms with E-state index in [9.17, 15) is 9.18 Å². The Balaban J connectivity index is 1.47. The minimum Gasteiger partial charge on any atom is -0.466 e. The summed E-state index contributed by atoms with van der Waals surface area (Å²) in [5.74, 6) is -0.444. The van der Waals surface area contributed by atoms with Crippen molar-refractivity contribution < 1.29 is 18.8 Å². The number of carbonyl (C=O) groups is 1. The van der Waals surface area contributed by atoms with Crippen LogP contribution in [0.4, 0.5) is 4.39 Å². The van der Waals surface area contributed by atoms with Gasteiger partial charge in [-0.15, -0.1) is 0 Å². The lowest BCUT2D eigenvalue weighted by Crippen LogP contribution is -2.50. The van der Waals surface area contributed by atoms with Gasteiger partial charge in [-0.25, -0.2) is 9.37 Å². The molecule has 0 amide bonds. The summed E-state index contributed by atoms with van der Waals surface area (Å²) in [4.78, 5) is 25.3. The largest absolute Gasteiger partial charge is 0.466 e. The zero-order valence-corrected chi connectivity index (χ0v) is 18.1. The number of rotatable bonds is 7. The maximum Gasteiger partial charge on any atom is 0.313 e. The molecule has 31 heavy (non-hydrogen) atoms. The maximum atomic E-state index is 13.2. The SMILES string of the molecule is CCOC(=O)[C@@]1(C[C@@H]2CC(c3ccc(F)cc3)=NO2)CCCN(Cc2cncn2C)C1. The molecule has 0 N–H and O–H groups in total. The van der Waals surface area contributed by atoms with Crippen molar-refractivity contribution in [2.75, 3.05) is 19.7 Å². The fourth-order valence-corrected chi connectivity index (χ4v) is 4.62. The predicted octanol–water partition coefficient (Wildman–Crippen LogP) is 3.29. The second-order valence-electron chi connectivity index (χ2n) is 8.49. The van der Waals surface area contributed by atoms with Crippen LogP contribution in [0.25, 0.3) is 0 Å². The van der Waals surface area contributed by atoms with Crippen LogP contribution >= 0.6 is 0 Å². The van der Waals surface area contributed by atoms with Crippen LogP contribution < -0.4 is 0 Å². The molecule has 1 aromatic carbocycles. The summed E-state index contributed by atoms with van der Waals surface area (Å²) < 4.78 is 20.7. The van der Waals surface area contributed by atoms with E-state index in [1.54, 1.807) is 18.5 Å². The number of likely N-dealkylation sites (tertiary alicyclic amines) is 1. The van der Waals surface area contributed by atoms with Gasteiger partial charge in [-0.05, 0) is 44.0 Å². The third kappa shape index (κ3) is 4.79. The number of nitrogens with zero attached hydrogens (tertiary/aromatic N) is 4. The molecule has 3 heterocycles. The first-order valence-corrected chi connectivity index (χ1v) is 10.8. The van der Waals surface area contributed by atoms with Crippen molar-refractivity contribution in [1.29, 1.82) is 0 Å². The number of esters is 1. The van der Waals surface area contributed by atoms with E-state index in [1.807, 2.05) is 24.7 Å². The number of halogens is 1. The van der Waals surface area contributed by atoms with Gasteiger partial charge in [0, 0.05) is 39.2 Å². The Morgan fingerprint density at radius 2 is 2.16 bits per heavy atom. The molecule has 4 rings (SSSR count). The molecule has 0 saturated carbocycles. The average molecular weight is 429 g/mol. The van der Waals surface area contributed by atoms with Crippen LogP contribution in [-0.2, 0) is 28.0 Å². The fraction of sp³-hybridized carbons (Fsp3) is 0.522. The highest BCUT2D eigenvalue weighted by atomic mass is 19.1. The first-order valence-electron chi connectivity index (χ1n) is 10.8. The molecule has 166 valence electrons. The molecular weight excluding hydrogens is 399 g/mol. The molecule has 0 unspecified atom stereocenters. The zero-order valence-electron chi connectivity index (χ0n) is 18.1. The molecule has 2 atom stereocenters. The fourth-order valence-electron chi connectivity index (χ4n) is 4.62. The van der Waals surface area contributed by atoms with Gasteiger partial charge < -0.3 is 14.1 Å². The highest BCUT2D eigenvalue weighted by Crippen LogP contribution is 2.39. The topological polar surface area (TPSA) is 69.0 Å². The van der Waals surface area contributed by atoms with Crippen molar-refractivity contribution in [3.63, 3.8) is 0 Å². The number of aryl methyl sites for hydroxylation is 1. The first kappa shape index (κ1) is 21.5. The quantitative estimate of drug-likeness (QED) is 0.633. The number of aromatic nitrogens is 2. The number of hydrogen-bond acceptors (Lipinski definition) is 6. The standard InChI is InChI=1S/C23H29FN4O3/c1-3-30-22(29)23(9-4-10-28(15-23)14-19-13-25-16-27(19)2)12-20-11-21(26-31-20)17-5-7-18(24)8-6-17/h5-8,13,16,20H,3-4,9-12,14-15H2,1-2H3/t20-,23+/m0/s1. The molecule has 1 aromatic heterocycles. The monoisotopic (exact) mass is 428 g/mol. The van der Waals surface area contributed by atoms with E-state index in [4.69, 9.17) is 9.57 Å². The highest BCUT2D eigenvalue weighted by Gasteiger charge is 2.46. The summed E-state index contributed by atoms with van der Waals surface area (Å²) in [5.41, 5.74) is 2.10. The minimum absolute atomic E-state index is 0.163. The van der Waals surface area contributed by atoms with Gasteiger partial charge in [0.15, 0.2) is 0 Å². The van der Waals surface area contributed by atoms with E-state index in [1.165, 1.54) is 12.1 Å². The van der Waals surface area contributed by atoms with Crippen LogP contribution in [0.3, 0.4) is 0 Å². The Labute approximate surface area is 181 Å². The van der Waals surface area contributed by atoms with Gasteiger partial charge in [0.1, 0.15) is 11.9 Å². The van der Waals surface area contributed by atoms with Gasteiger partial charge in [-0.1, -0.05) is 17.3 Å². The molecule has 0 spiro atoms. The molecule has 2 aromatic rings. The molecule has 2 aliphatic heterocycles. The maximum absolute atomic E-state index is 13.2. The Hall–Kier alpha value is -2.74. The van der Waals surface area contributed by atoms with Gasteiger partial charge in [-0.2, -0.15) is 0 Å². The summed E-state index contributed by atoms with van der Waals surface area (Å²) in [7, 11) is 1.98. The van der Waals surface area contributed by atoms with Crippen LogP contribution in [0.15, 0.2) is 41.9 Å². The molecule has 1 saturated heterocycles. The Bertz CT molecular complexity index is 943. The lowest BCUT2D eigenvalue weighted by molar-refractivity contribution is -0.162. The predicted molar refractivity (Wildman–Crippen MR) is 114 cm³/mol. The van der Waals surface area contributed by atoms with Crippen molar-refractivity contribution in [2.24, 2.45) is 17.6 Å². The van der Waals surface area contributed by atoms with Gasteiger partial charge in [0.2, 0.25) is 0 Å². The second-order valence-corrected chi connectivity index (χ2v) is 8.49. The molecule has 1 fully saturated rings. The normalized spacial score (nSPS) is 24.0. The second kappa shape index (κ2) is 9.18. The van der Waals surface area contributed by atoms with Gasteiger partial charge in [0.05, 0.1) is 29.8 Å². The Morgan fingerprint density at radius 3 is 2.87 bits per heavy atom. The van der Waals surface area contributed by atoms with Gasteiger partial charge >= 0.3 is 5.97 Å². The van der Waals surface area contributed by atoms with Crippen molar-refractivity contribution in [2.45, 2.75) is 45.3 Å². The number of oxime groups is 1. The summed E-state index contributed by atoms with van der Waals surface area (Å²) in [6.45, 7) is 4.47. The summed E-state index contributed by atoms with van der Waals surface area (Å²) in [6, 6.07) is 6.25. The van der Waals surface area contributed by atoms with Gasteiger partial charge in [-0.3, -0.25) is 9.69 Å². The highest BCUT2D eigenvalue weighted by molar-refractivity contribution is 6.01. The lowest BCUT2D eigenvalue weighted by Gasteiger charge is -2.41. The number of hydrogen-bond donors (Lipinski definition) is 0. The van der Waals surface area contributed by atoms with E-state index in [0.717, 1.165) is 42.9 Å². The van der Waals surface area contributed by atoms with E-state index in [2.05, 4.69) is 15.0 Å². The molecule has 7 nitrogen and oxygen atoms in total. The van der Waals surface area contributed by atoms with Crippen molar-refractivity contribution in [3.8, 4) is 0 Å². The number of ether oxygens (including phenoxy) is 1. The summed E-state index contributed by atoms with van der Waals surface area (Å²) in [5, 5.41) is 4.23. The molecule has 2 aliphatic rings. The smallest absolute Gasteiger partial charge is 0.313 e. The van der Waals surface area contributed by atoms with E-state index >= 15 is 0 Å². The van der Waals surface area contributed by atoms with Crippen LogP contribution in [0.5, 0.6) is 0 Å². The zero-order chi connectivity index (χ0) is 21.8. The van der Waals surface area contributed by atoms with Crippen LogP contribution in [0.1, 0.15) is 43.9 Å². The molecule has 0 radical (unpaired) electrons. The van der Waals surface area contributed by atoms with Crippen molar-refractivity contribution in [3.05, 3.63) is 53.9 Å². The van der Waals surface area contributed by atoms with Crippen molar-refractivity contribution >= 4 is 11.7 Å². The molecule has 0 bridgehead atoms. The van der Waals surface area contributed by atoms with E-state index < -0.39 is 5.41 Å². The number of benzene rings is 1. The minimum atomic E-state index is -0.634.